The van der Waals surface area contributed by atoms with Gasteiger partial charge in [-0.05, 0) is 57.7 Å². The van der Waals surface area contributed by atoms with Crippen molar-refractivity contribution in [3.8, 4) is 5.75 Å². The zero-order chi connectivity index (χ0) is 34.5. The van der Waals surface area contributed by atoms with Gasteiger partial charge in [0, 0.05) is 31.1 Å². The Morgan fingerprint density at radius 1 is 1.04 bits per heavy atom. The molecule has 3 atom stereocenters. The van der Waals surface area contributed by atoms with Gasteiger partial charge in [0.1, 0.15) is 35.1 Å². The summed E-state index contributed by atoms with van der Waals surface area (Å²) in [5.74, 6) is -0.391. The number of likely N-dealkylation sites (tertiary alicyclic amines) is 1. The highest BCUT2D eigenvalue weighted by Crippen LogP contribution is 2.36. The molecule has 2 fully saturated rings. The number of amides is 3. The molecular formula is C34H49N5O8S. The number of carbonyl (C=O) groups excluding carboxylic acids is 3. The maximum Gasteiger partial charge on any atom is 0.407 e. The number of rotatable bonds is 18. The minimum atomic E-state index is -1.21. The van der Waals surface area contributed by atoms with Crippen LogP contribution >= 0.6 is 11.3 Å². The zero-order valence-electron chi connectivity index (χ0n) is 28.2. The van der Waals surface area contributed by atoms with Gasteiger partial charge in [-0.15, -0.1) is 11.3 Å². The molecule has 1 aliphatic heterocycles. The molecule has 3 amide bonds. The Kier molecular flexibility index (Phi) is 14.6. The maximum absolute atomic E-state index is 14.1. The lowest BCUT2D eigenvalue weighted by molar-refractivity contribution is -0.140. The van der Waals surface area contributed by atoms with E-state index >= 15 is 0 Å². The fourth-order valence-corrected chi connectivity index (χ4v) is 7.01. The zero-order valence-corrected chi connectivity index (χ0v) is 29.0. The lowest BCUT2D eigenvalue weighted by atomic mass is 9.83. The Balaban J connectivity index is 1.38. The first-order chi connectivity index (χ1) is 23.2. The second-order valence-corrected chi connectivity index (χ2v) is 13.1. The Morgan fingerprint density at radius 2 is 1.77 bits per heavy atom. The van der Waals surface area contributed by atoms with E-state index in [9.17, 15) is 24.3 Å². The highest BCUT2D eigenvalue weighted by Gasteiger charge is 2.40. The molecule has 2 aromatic rings. The van der Waals surface area contributed by atoms with Crippen molar-refractivity contribution in [3.05, 3.63) is 45.9 Å². The van der Waals surface area contributed by atoms with Gasteiger partial charge in [-0.2, -0.15) is 0 Å². The first-order valence-corrected chi connectivity index (χ1v) is 17.7. The molecule has 48 heavy (non-hydrogen) atoms. The van der Waals surface area contributed by atoms with Crippen molar-refractivity contribution in [2.45, 2.75) is 70.0 Å². The van der Waals surface area contributed by atoms with E-state index in [1.807, 2.05) is 7.05 Å². The van der Waals surface area contributed by atoms with E-state index in [0.717, 1.165) is 50.0 Å². The second-order valence-electron chi connectivity index (χ2n) is 12.2. The summed E-state index contributed by atoms with van der Waals surface area (Å²) in [6.07, 6.45) is 4.93. The van der Waals surface area contributed by atoms with Crippen LogP contribution < -0.4 is 15.4 Å². The Bertz CT molecular complexity index is 1370. The summed E-state index contributed by atoms with van der Waals surface area (Å²) >= 11 is 1.35. The summed E-state index contributed by atoms with van der Waals surface area (Å²) in [7, 11) is 3.21. The van der Waals surface area contributed by atoms with Gasteiger partial charge in [-0.25, -0.2) is 9.78 Å². The Hall–Kier alpha value is -3.59. The van der Waals surface area contributed by atoms with Crippen molar-refractivity contribution in [2.75, 3.05) is 60.2 Å². The monoisotopic (exact) mass is 687 g/mol. The summed E-state index contributed by atoms with van der Waals surface area (Å²) in [5, 5.41) is 17.7. The molecule has 264 valence electrons. The summed E-state index contributed by atoms with van der Waals surface area (Å²) in [4.78, 5) is 59.6. The van der Waals surface area contributed by atoms with Crippen molar-refractivity contribution in [2.24, 2.45) is 5.92 Å². The number of aromatic nitrogens is 1. The van der Waals surface area contributed by atoms with Crippen LogP contribution in [0.15, 0.2) is 29.6 Å². The van der Waals surface area contributed by atoms with E-state index in [0.29, 0.717) is 68.0 Å². The number of likely N-dealkylation sites (N-methyl/N-ethyl adjacent to an activating group) is 2. The average Bonchev–Trinajstić information content (AvgIpc) is 3.79. The molecule has 1 saturated carbocycles. The van der Waals surface area contributed by atoms with Gasteiger partial charge in [0.25, 0.3) is 0 Å². The van der Waals surface area contributed by atoms with E-state index in [4.69, 9.17) is 19.2 Å². The fraction of sp³-hybridized carbons (Fsp3) is 0.618. The van der Waals surface area contributed by atoms with Crippen molar-refractivity contribution in [1.82, 2.24) is 25.4 Å². The first kappa shape index (κ1) is 37.2. The molecule has 4 rings (SSSR count). The third kappa shape index (κ3) is 10.2. The number of nitrogens with one attached hydrogen (secondary N) is 2. The SMILES string of the molecule is CNCCOCCOCCOc1cccc(C(=O)c2csc([C@@H]3CCCN3C(=O)[C@@H](NC(=O)[C@H](C)N(C)C(=O)O)C3CCCCC3)n2)c1. The molecule has 13 nitrogen and oxygen atoms in total. The molecule has 1 saturated heterocycles. The molecule has 14 heteroatoms. The molecule has 1 aliphatic carbocycles. The van der Waals surface area contributed by atoms with Crippen LogP contribution in [0.2, 0.25) is 0 Å². The van der Waals surface area contributed by atoms with E-state index in [1.54, 1.807) is 34.5 Å². The molecule has 1 aromatic heterocycles. The van der Waals surface area contributed by atoms with Gasteiger partial charge >= 0.3 is 6.09 Å². The fourth-order valence-electron chi connectivity index (χ4n) is 6.06. The van der Waals surface area contributed by atoms with Crippen LogP contribution in [0.4, 0.5) is 4.79 Å². The van der Waals surface area contributed by atoms with Crippen LogP contribution in [0.5, 0.6) is 5.75 Å². The topological polar surface area (TPSA) is 160 Å². The standard InChI is InChI=1S/C34H49N5O8S/c1-23(38(3)34(43)44)31(41)37-29(24-9-5-4-6-10-24)33(42)39-15-8-13-28(39)32-36-27(22-48-32)30(40)25-11-7-12-26(21-25)47-20-19-46-18-17-45-16-14-35-2/h7,11-12,21-24,28-29,35H,4-6,8-10,13-20H2,1-3H3,(H,37,41)(H,43,44)/t23-,28-,29-/m0/s1. The van der Waals surface area contributed by atoms with E-state index in [-0.39, 0.29) is 23.7 Å². The number of ketones is 1. The van der Waals surface area contributed by atoms with Crippen molar-refractivity contribution in [3.63, 3.8) is 0 Å². The number of thiazole rings is 1. The lowest BCUT2D eigenvalue weighted by Gasteiger charge is -2.35. The number of hydrogen-bond acceptors (Lipinski definition) is 10. The van der Waals surface area contributed by atoms with Gasteiger partial charge in [-0.1, -0.05) is 31.4 Å². The number of carbonyl (C=O) groups is 4. The number of ether oxygens (including phenoxy) is 3. The van der Waals surface area contributed by atoms with Crippen LogP contribution in [-0.4, -0.2) is 116 Å². The molecule has 2 heterocycles. The Labute approximate surface area is 286 Å². The van der Waals surface area contributed by atoms with E-state index in [1.165, 1.54) is 25.3 Å². The van der Waals surface area contributed by atoms with Crippen LogP contribution in [0.1, 0.15) is 79.0 Å². The number of benzene rings is 1. The third-order valence-electron chi connectivity index (χ3n) is 8.98. The minimum absolute atomic E-state index is 0.0318. The van der Waals surface area contributed by atoms with Crippen molar-refractivity contribution < 1.29 is 38.5 Å². The van der Waals surface area contributed by atoms with Gasteiger partial charge in [-0.3, -0.25) is 19.3 Å². The number of carboxylic acid groups (broad SMARTS) is 1. The van der Waals surface area contributed by atoms with Crippen molar-refractivity contribution in [1.29, 1.82) is 0 Å². The van der Waals surface area contributed by atoms with Crippen LogP contribution in [0, 0.1) is 5.92 Å². The molecule has 0 radical (unpaired) electrons. The van der Waals surface area contributed by atoms with Crippen LogP contribution in [0.25, 0.3) is 0 Å². The predicted octanol–water partition coefficient (Wildman–Crippen LogP) is 3.73. The lowest BCUT2D eigenvalue weighted by Crippen LogP contribution is -2.56. The Morgan fingerprint density at radius 3 is 2.50 bits per heavy atom. The van der Waals surface area contributed by atoms with E-state index in [2.05, 4.69) is 10.6 Å². The van der Waals surface area contributed by atoms with Gasteiger partial charge in [0.15, 0.2) is 0 Å². The molecule has 3 N–H and O–H groups in total. The molecule has 0 unspecified atom stereocenters. The van der Waals surface area contributed by atoms with Gasteiger partial charge < -0.3 is 34.9 Å². The predicted molar refractivity (Wildman–Crippen MR) is 180 cm³/mol. The third-order valence-corrected chi connectivity index (χ3v) is 9.93. The minimum Gasteiger partial charge on any atom is -0.491 e. The second kappa shape index (κ2) is 18.8. The normalized spacial score (nSPS) is 17.9. The maximum atomic E-state index is 14.1. The van der Waals surface area contributed by atoms with Gasteiger partial charge in [0.05, 0.1) is 32.5 Å². The van der Waals surface area contributed by atoms with Crippen molar-refractivity contribution >= 4 is 35.0 Å². The molecule has 1 aromatic carbocycles. The van der Waals surface area contributed by atoms with E-state index < -0.39 is 24.1 Å². The molecule has 2 aliphatic rings. The molecule has 0 spiro atoms. The summed E-state index contributed by atoms with van der Waals surface area (Å²) in [6.45, 7) is 5.16. The number of nitrogens with zero attached hydrogens (tertiary/aromatic N) is 3. The highest BCUT2D eigenvalue weighted by molar-refractivity contribution is 7.10. The summed E-state index contributed by atoms with van der Waals surface area (Å²) in [5.41, 5.74) is 0.749. The summed E-state index contributed by atoms with van der Waals surface area (Å²) in [6, 6.07) is 4.95. The largest absolute Gasteiger partial charge is 0.491 e. The number of hydrogen-bond donors (Lipinski definition) is 3. The summed E-state index contributed by atoms with van der Waals surface area (Å²) < 4.78 is 16.8. The van der Waals surface area contributed by atoms with Crippen LogP contribution in [-0.2, 0) is 19.1 Å². The average molecular weight is 688 g/mol. The molecule has 0 bridgehead atoms. The van der Waals surface area contributed by atoms with Crippen LogP contribution in [0.3, 0.4) is 0 Å². The molecular weight excluding hydrogens is 638 g/mol. The van der Waals surface area contributed by atoms with Gasteiger partial charge in [0.2, 0.25) is 17.6 Å². The first-order valence-electron chi connectivity index (χ1n) is 16.8. The highest BCUT2D eigenvalue weighted by atomic mass is 32.1. The smallest absolute Gasteiger partial charge is 0.407 e. The quantitative estimate of drug-likeness (QED) is 0.156.